The van der Waals surface area contributed by atoms with Gasteiger partial charge in [-0.2, -0.15) is 0 Å². The van der Waals surface area contributed by atoms with E-state index in [9.17, 15) is 0 Å². The van der Waals surface area contributed by atoms with Gasteiger partial charge in [-0.25, -0.2) is 15.0 Å². The average Bonchev–Trinajstić information content (AvgIpc) is 3.14. The van der Waals surface area contributed by atoms with E-state index in [-0.39, 0.29) is 5.60 Å². The van der Waals surface area contributed by atoms with Gasteiger partial charge in [-0.1, -0.05) is 12.1 Å². The highest BCUT2D eigenvalue weighted by Gasteiger charge is 2.32. The summed E-state index contributed by atoms with van der Waals surface area (Å²) in [6.45, 7) is 4.14. The summed E-state index contributed by atoms with van der Waals surface area (Å²) in [6, 6.07) is 7.69. The average molecular weight is 308 g/mol. The molecule has 0 radical (unpaired) electrons. The summed E-state index contributed by atoms with van der Waals surface area (Å²) < 4.78 is 13.8. The van der Waals surface area contributed by atoms with Crippen molar-refractivity contribution in [1.29, 1.82) is 0 Å². The topological polar surface area (TPSA) is 62.1 Å². The summed E-state index contributed by atoms with van der Waals surface area (Å²) in [5.41, 5.74) is 0.937. The van der Waals surface area contributed by atoms with Gasteiger partial charge in [-0.05, 0) is 19.9 Å². The van der Waals surface area contributed by atoms with Crippen molar-refractivity contribution in [3.63, 3.8) is 0 Å². The number of ether oxygens (including phenoxy) is 2. The quantitative estimate of drug-likeness (QED) is 0.743. The molecule has 0 amide bonds. The SMILES string of the molecule is CC1(C)Cc2cccc(Oc3cc(-n4ccnc4)ncn3)c2O1. The molecular weight excluding hydrogens is 292 g/mol. The van der Waals surface area contributed by atoms with Gasteiger partial charge in [-0.15, -0.1) is 0 Å². The van der Waals surface area contributed by atoms with Crippen LogP contribution in [0.25, 0.3) is 5.82 Å². The Hall–Kier alpha value is -2.89. The smallest absolute Gasteiger partial charge is 0.224 e. The Morgan fingerprint density at radius 1 is 1.26 bits per heavy atom. The molecule has 6 heteroatoms. The van der Waals surface area contributed by atoms with E-state index >= 15 is 0 Å². The van der Waals surface area contributed by atoms with Crippen molar-refractivity contribution in [1.82, 2.24) is 19.5 Å². The summed E-state index contributed by atoms with van der Waals surface area (Å²) in [4.78, 5) is 12.4. The molecule has 0 N–H and O–H groups in total. The van der Waals surface area contributed by atoms with E-state index in [1.807, 2.05) is 18.3 Å². The van der Waals surface area contributed by atoms with Crippen LogP contribution in [0.15, 0.2) is 49.3 Å². The van der Waals surface area contributed by atoms with Crippen LogP contribution in [-0.2, 0) is 6.42 Å². The zero-order chi connectivity index (χ0) is 15.9. The molecule has 1 aromatic carbocycles. The normalized spacial score (nSPS) is 15.0. The van der Waals surface area contributed by atoms with Crippen LogP contribution in [0, 0.1) is 0 Å². The largest absolute Gasteiger partial charge is 0.483 e. The summed E-state index contributed by atoms with van der Waals surface area (Å²) >= 11 is 0. The Morgan fingerprint density at radius 2 is 2.17 bits per heavy atom. The lowest BCUT2D eigenvalue weighted by Crippen LogP contribution is -2.24. The molecule has 3 aromatic rings. The van der Waals surface area contributed by atoms with Gasteiger partial charge in [0, 0.05) is 30.4 Å². The van der Waals surface area contributed by atoms with E-state index < -0.39 is 0 Å². The number of rotatable bonds is 3. The van der Waals surface area contributed by atoms with Crippen molar-refractivity contribution in [3.05, 3.63) is 54.9 Å². The molecule has 0 aliphatic carbocycles. The van der Waals surface area contributed by atoms with E-state index in [2.05, 4.69) is 34.9 Å². The first kappa shape index (κ1) is 13.8. The van der Waals surface area contributed by atoms with E-state index in [1.165, 1.54) is 6.33 Å². The Labute approximate surface area is 133 Å². The highest BCUT2D eigenvalue weighted by molar-refractivity contribution is 5.51. The molecule has 116 valence electrons. The molecule has 3 heterocycles. The number of imidazole rings is 1. The molecular formula is C17H16N4O2. The first-order valence-electron chi connectivity index (χ1n) is 7.40. The second-order valence-corrected chi connectivity index (χ2v) is 6.07. The molecule has 0 saturated heterocycles. The number of para-hydroxylation sites is 1. The molecule has 0 unspecified atom stereocenters. The van der Waals surface area contributed by atoms with Crippen LogP contribution in [0.4, 0.5) is 0 Å². The maximum absolute atomic E-state index is 6.02. The highest BCUT2D eigenvalue weighted by atomic mass is 16.5. The molecule has 1 aliphatic rings. The lowest BCUT2D eigenvalue weighted by Gasteiger charge is -2.18. The molecule has 1 aliphatic heterocycles. The van der Waals surface area contributed by atoms with Crippen LogP contribution in [0.5, 0.6) is 17.4 Å². The molecule has 2 aromatic heterocycles. The maximum atomic E-state index is 6.02. The molecule has 0 atom stereocenters. The third kappa shape index (κ3) is 2.63. The molecule has 23 heavy (non-hydrogen) atoms. The predicted molar refractivity (Wildman–Crippen MR) is 84.1 cm³/mol. The Balaban J connectivity index is 1.66. The fourth-order valence-corrected chi connectivity index (χ4v) is 2.70. The lowest BCUT2D eigenvalue weighted by atomic mass is 10.0. The molecule has 6 nitrogen and oxygen atoms in total. The van der Waals surface area contributed by atoms with Crippen molar-refractivity contribution in [2.45, 2.75) is 25.9 Å². The van der Waals surface area contributed by atoms with Gasteiger partial charge in [0.1, 0.15) is 24.1 Å². The van der Waals surface area contributed by atoms with Crippen molar-refractivity contribution in [2.75, 3.05) is 0 Å². The zero-order valence-electron chi connectivity index (χ0n) is 12.9. The summed E-state index contributed by atoms with van der Waals surface area (Å²) in [5, 5.41) is 0. The molecule has 4 rings (SSSR count). The first-order valence-corrected chi connectivity index (χ1v) is 7.40. The van der Waals surface area contributed by atoms with E-state index in [0.717, 1.165) is 17.7 Å². The van der Waals surface area contributed by atoms with Crippen LogP contribution in [0.1, 0.15) is 19.4 Å². The van der Waals surface area contributed by atoms with Gasteiger partial charge in [0.05, 0.1) is 0 Å². The third-order valence-electron chi connectivity index (χ3n) is 3.67. The Kier molecular flexibility index (Phi) is 3.04. The minimum Gasteiger partial charge on any atom is -0.483 e. The summed E-state index contributed by atoms with van der Waals surface area (Å²) in [7, 11) is 0. The van der Waals surface area contributed by atoms with Gasteiger partial charge in [0.25, 0.3) is 0 Å². The number of hydrogen-bond donors (Lipinski definition) is 0. The van der Waals surface area contributed by atoms with E-state index in [4.69, 9.17) is 9.47 Å². The van der Waals surface area contributed by atoms with Crippen LogP contribution < -0.4 is 9.47 Å². The monoisotopic (exact) mass is 308 g/mol. The molecule has 0 fully saturated rings. The number of benzene rings is 1. The van der Waals surface area contributed by atoms with Crippen molar-refractivity contribution < 1.29 is 9.47 Å². The maximum Gasteiger partial charge on any atom is 0.224 e. The third-order valence-corrected chi connectivity index (χ3v) is 3.67. The number of fused-ring (bicyclic) bond motifs is 1. The lowest BCUT2D eigenvalue weighted by molar-refractivity contribution is 0.135. The molecule has 0 spiro atoms. The fraction of sp³-hybridized carbons (Fsp3) is 0.235. The second kappa shape index (κ2) is 5.08. The number of aromatic nitrogens is 4. The minimum absolute atomic E-state index is 0.213. The summed E-state index contributed by atoms with van der Waals surface area (Å²) in [6.07, 6.45) is 7.53. The van der Waals surface area contributed by atoms with Gasteiger partial charge < -0.3 is 9.47 Å². The van der Waals surface area contributed by atoms with Crippen LogP contribution >= 0.6 is 0 Å². The Bertz CT molecular complexity index is 844. The standard InChI is InChI=1S/C17H16N4O2/c1-17(2)9-12-4-3-5-13(16(12)23-17)22-15-8-14(19-10-20-15)21-7-6-18-11-21/h3-8,10-11H,9H2,1-2H3. The Morgan fingerprint density at radius 3 is 3.00 bits per heavy atom. The molecule has 0 saturated carbocycles. The minimum atomic E-state index is -0.213. The van der Waals surface area contributed by atoms with Gasteiger partial charge >= 0.3 is 0 Å². The second-order valence-electron chi connectivity index (χ2n) is 6.07. The van der Waals surface area contributed by atoms with Gasteiger partial charge in [0.2, 0.25) is 5.88 Å². The van der Waals surface area contributed by atoms with Crippen LogP contribution in [0.3, 0.4) is 0 Å². The summed E-state index contributed by atoms with van der Waals surface area (Å²) in [5.74, 6) is 2.62. The highest BCUT2D eigenvalue weighted by Crippen LogP contribution is 2.43. The van der Waals surface area contributed by atoms with Crippen molar-refractivity contribution in [3.8, 4) is 23.2 Å². The number of nitrogens with zero attached hydrogens (tertiary/aromatic N) is 4. The van der Waals surface area contributed by atoms with Crippen molar-refractivity contribution >= 4 is 0 Å². The van der Waals surface area contributed by atoms with Gasteiger partial charge in [0.15, 0.2) is 11.5 Å². The number of hydrogen-bond acceptors (Lipinski definition) is 5. The van der Waals surface area contributed by atoms with E-state index in [1.54, 1.807) is 23.2 Å². The predicted octanol–water partition coefficient (Wildman–Crippen LogP) is 3.17. The first-order chi connectivity index (χ1) is 11.1. The van der Waals surface area contributed by atoms with Crippen LogP contribution in [-0.4, -0.2) is 25.1 Å². The van der Waals surface area contributed by atoms with Crippen LogP contribution in [0.2, 0.25) is 0 Å². The van der Waals surface area contributed by atoms with Crippen molar-refractivity contribution in [2.24, 2.45) is 0 Å². The zero-order valence-corrected chi connectivity index (χ0v) is 12.9. The fourth-order valence-electron chi connectivity index (χ4n) is 2.70. The van der Waals surface area contributed by atoms with Gasteiger partial charge in [-0.3, -0.25) is 4.57 Å². The molecule has 0 bridgehead atoms. The van der Waals surface area contributed by atoms with E-state index in [0.29, 0.717) is 17.4 Å².